The van der Waals surface area contributed by atoms with Gasteiger partial charge in [0.2, 0.25) is 0 Å². The number of nitrogens with zero attached hydrogens (tertiary/aromatic N) is 2. The van der Waals surface area contributed by atoms with Crippen molar-refractivity contribution in [1.29, 1.82) is 0 Å². The number of carbonyl (C=O) groups is 1. The molecule has 0 aliphatic carbocycles. The molecule has 1 saturated heterocycles. The standard InChI is InChI=1S/C12H14F3N3O/c13-12(14,15)10-4-1-3-9(7-10)8-17-5-2-6-18(16)11(17)19/h1,3-4,7H,2,5-6,8,16H2. The Morgan fingerprint density at radius 3 is 2.68 bits per heavy atom. The first-order valence-electron chi connectivity index (χ1n) is 5.85. The first-order chi connectivity index (χ1) is 8.88. The van der Waals surface area contributed by atoms with Gasteiger partial charge >= 0.3 is 12.2 Å². The first kappa shape index (κ1) is 13.7. The molecule has 1 aromatic carbocycles. The molecule has 1 aliphatic rings. The van der Waals surface area contributed by atoms with Crippen molar-refractivity contribution >= 4 is 6.03 Å². The zero-order valence-electron chi connectivity index (χ0n) is 10.2. The number of halogens is 3. The van der Waals surface area contributed by atoms with Gasteiger partial charge in [-0.3, -0.25) is 5.01 Å². The number of hydrogen-bond acceptors (Lipinski definition) is 2. The van der Waals surface area contributed by atoms with Crippen LogP contribution in [0.1, 0.15) is 17.5 Å². The van der Waals surface area contributed by atoms with Gasteiger partial charge in [-0.2, -0.15) is 13.2 Å². The Hall–Kier alpha value is -1.76. The van der Waals surface area contributed by atoms with Gasteiger partial charge in [-0.15, -0.1) is 0 Å². The minimum atomic E-state index is -4.37. The zero-order valence-corrected chi connectivity index (χ0v) is 10.2. The van der Waals surface area contributed by atoms with E-state index in [9.17, 15) is 18.0 Å². The molecule has 0 unspecified atom stereocenters. The van der Waals surface area contributed by atoms with Crippen LogP contribution >= 0.6 is 0 Å². The summed E-state index contributed by atoms with van der Waals surface area (Å²) in [6.45, 7) is 1.11. The van der Waals surface area contributed by atoms with Crippen molar-refractivity contribution in [2.24, 2.45) is 5.84 Å². The maximum atomic E-state index is 12.6. The lowest BCUT2D eigenvalue weighted by Crippen LogP contribution is -2.52. The molecule has 0 atom stereocenters. The molecule has 0 saturated carbocycles. The minimum absolute atomic E-state index is 0.135. The Morgan fingerprint density at radius 2 is 2.00 bits per heavy atom. The van der Waals surface area contributed by atoms with E-state index in [2.05, 4.69) is 0 Å². The van der Waals surface area contributed by atoms with Gasteiger partial charge in [0.15, 0.2) is 0 Å². The lowest BCUT2D eigenvalue weighted by atomic mass is 10.1. The number of urea groups is 1. The lowest BCUT2D eigenvalue weighted by Gasteiger charge is -2.32. The third-order valence-electron chi connectivity index (χ3n) is 2.97. The van der Waals surface area contributed by atoms with Crippen LogP contribution in [-0.2, 0) is 12.7 Å². The summed E-state index contributed by atoms with van der Waals surface area (Å²) in [6, 6.07) is 4.62. The van der Waals surface area contributed by atoms with Gasteiger partial charge in [0.25, 0.3) is 0 Å². The van der Waals surface area contributed by atoms with Crippen molar-refractivity contribution in [3.05, 3.63) is 35.4 Å². The number of rotatable bonds is 2. The molecule has 7 heteroatoms. The fraction of sp³-hybridized carbons (Fsp3) is 0.417. The third kappa shape index (κ3) is 3.17. The Morgan fingerprint density at radius 1 is 1.26 bits per heavy atom. The average molecular weight is 273 g/mol. The summed E-state index contributed by atoms with van der Waals surface area (Å²) in [7, 11) is 0. The van der Waals surface area contributed by atoms with Crippen LogP contribution in [-0.4, -0.2) is 29.0 Å². The van der Waals surface area contributed by atoms with Crippen LogP contribution in [0.4, 0.5) is 18.0 Å². The SMILES string of the molecule is NN1CCCN(Cc2cccc(C(F)(F)F)c2)C1=O. The molecule has 0 radical (unpaired) electrons. The summed E-state index contributed by atoms with van der Waals surface area (Å²) in [5.41, 5.74) is -0.266. The molecule has 1 aliphatic heterocycles. The molecule has 1 fully saturated rings. The Kier molecular flexibility index (Phi) is 3.66. The number of hydrogen-bond donors (Lipinski definition) is 1. The predicted molar refractivity (Wildman–Crippen MR) is 62.8 cm³/mol. The van der Waals surface area contributed by atoms with Crippen LogP contribution in [0, 0.1) is 0 Å². The Balaban J connectivity index is 2.13. The highest BCUT2D eigenvalue weighted by Crippen LogP contribution is 2.29. The lowest BCUT2D eigenvalue weighted by molar-refractivity contribution is -0.137. The van der Waals surface area contributed by atoms with Crippen LogP contribution in [0.25, 0.3) is 0 Å². The molecule has 2 N–H and O–H groups in total. The quantitative estimate of drug-likeness (QED) is 0.663. The van der Waals surface area contributed by atoms with E-state index in [1.165, 1.54) is 11.0 Å². The van der Waals surface area contributed by atoms with Crippen LogP contribution in [0.3, 0.4) is 0 Å². The number of amides is 2. The van der Waals surface area contributed by atoms with Gasteiger partial charge in [-0.1, -0.05) is 12.1 Å². The summed E-state index contributed by atoms with van der Waals surface area (Å²) >= 11 is 0. The van der Waals surface area contributed by atoms with Crippen LogP contribution in [0.2, 0.25) is 0 Å². The second kappa shape index (κ2) is 5.08. The number of hydrazine groups is 1. The molecule has 1 aromatic rings. The van der Waals surface area contributed by atoms with Crippen LogP contribution in [0.15, 0.2) is 24.3 Å². The molecule has 0 spiro atoms. The fourth-order valence-electron chi connectivity index (χ4n) is 2.02. The molecule has 104 valence electrons. The van der Waals surface area contributed by atoms with E-state index >= 15 is 0 Å². The van der Waals surface area contributed by atoms with Gasteiger partial charge in [0.1, 0.15) is 0 Å². The van der Waals surface area contributed by atoms with Crippen molar-refractivity contribution in [2.45, 2.75) is 19.1 Å². The largest absolute Gasteiger partial charge is 0.416 e. The Bertz CT molecular complexity index is 476. The molecular formula is C12H14F3N3O. The molecule has 19 heavy (non-hydrogen) atoms. The van der Waals surface area contributed by atoms with E-state index in [-0.39, 0.29) is 12.6 Å². The fourth-order valence-corrected chi connectivity index (χ4v) is 2.02. The van der Waals surface area contributed by atoms with E-state index in [0.717, 1.165) is 17.1 Å². The van der Waals surface area contributed by atoms with Gasteiger partial charge in [-0.05, 0) is 24.1 Å². The molecule has 4 nitrogen and oxygen atoms in total. The molecule has 2 rings (SSSR count). The average Bonchev–Trinajstić information content (AvgIpc) is 2.34. The van der Waals surface area contributed by atoms with Gasteiger partial charge in [0, 0.05) is 19.6 Å². The van der Waals surface area contributed by atoms with Gasteiger partial charge < -0.3 is 4.90 Å². The topological polar surface area (TPSA) is 49.6 Å². The highest BCUT2D eigenvalue weighted by Gasteiger charge is 2.31. The zero-order chi connectivity index (χ0) is 14.0. The number of carbonyl (C=O) groups excluding carboxylic acids is 1. The summed E-state index contributed by atoms with van der Waals surface area (Å²) in [6.07, 6.45) is -3.66. The van der Waals surface area contributed by atoms with Crippen LogP contribution < -0.4 is 5.84 Å². The molecule has 0 aromatic heterocycles. The summed E-state index contributed by atoms with van der Waals surface area (Å²) < 4.78 is 37.7. The maximum absolute atomic E-state index is 12.6. The van der Waals surface area contributed by atoms with E-state index < -0.39 is 11.7 Å². The number of nitrogens with two attached hydrogens (primary N) is 1. The normalized spacial score (nSPS) is 16.9. The molecular weight excluding hydrogens is 259 g/mol. The monoisotopic (exact) mass is 273 g/mol. The highest BCUT2D eigenvalue weighted by molar-refractivity contribution is 5.74. The maximum Gasteiger partial charge on any atom is 0.416 e. The second-order valence-electron chi connectivity index (χ2n) is 4.45. The summed E-state index contributed by atoms with van der Waals surface area (Å²) in [4.78, 5) is 13.2. The van der Waals surface area contributed by atoms with Crippen LogP contribution in [0.5, 0.6) is 0 Å². The minimum Gasteiger partial charge on any atom is -0.319 e. The Labute approximate surface area is 108 Å². The molecule has 0 bridgehead atoms. The highest BCUT2D eigenvalue weighted by atomic mass is 19.4. The second-order valence-corrected chi connectivity index (χ2v) is 4.45. The van der Waals surface area contributed by atoms with E-state index in [1.807, 2.05) is 0 Å². The smallest absolute Gasteiger partial charge is 0.319 e. The van der Waals surface area contributed by atoms with Gasteiger partial charge in [-0.25, -0.2) is 10.6 Å². The molecule has 2 amide bonds. The van der Waals surface area contributed by atoms with E-state index in [4.69, 9.17) is 5.84 Å². The van der Waals surface area contributed by atoms with Gasteiger partial charge in [0.05, 0.1) is 5.56 Å². The van der Waals surface area contributed by atoms with Crippen molar-refractivity contribution < 1.29 is 18.0 Å². The van der Waals surface area contributed by atoms with Crippen molar-refractivity contribution in [3.63, 3.8) is 0 Å². The van der Waals surface area contributed by atoms with E-state index in [0.29, 0.717) is 25.1 Å². The third-order valence-corrected chi connectivity index (χ3v) is 2.97. The summed E-state index contributed by atoms with van der Waals surface area (Å²) in [5.74, 6) is 5.48. The van der Waals surface area contributed by atoms with Crippen molar-refractivity contribution in [3.8, 4) is 0 Å². The van der Waals surface area contributed by atoms with Crippen molar-refractivity contribution in [1.82, 2.24) is 9.91 Å². The van der Waals surface area contributed by atoms with Crippen molar-refractivity contribution in [2.75, 3.05) is 13.1 Å². The first-order valence-corrected chi connectivity index (χ1v) is 5.85. The number of alkyl halides is 3. The number of benzene rings is 1. The summed E-state index contributed by atoms with van der Waals surface area (Å²) in [5, 5.41) is 1.08. The predicted octanol–water partition coefficient (Wildman–Crippen LogP) is 2.21. The molecule has 1 heterocycles. The van der Waals surface area contributed by atoms with E-state index in [1.54, 1.807) is 6.07 Å².